The van der Waals surface area contributed by atoms with Crippen molar-refractivity contribution in [2.24, 2.45) is 0 Å². The molecule has 0 fully saturated rings. The summed E-state index contributed by atoms with van der Waals surface area (Å²) in [4.78, 5) is 2.02. The first kappa shape index (κ1) is 24.0. The lowest BCUT2D eigenvalue weighted by Gasteiger charge is -2.29. The molecule has 0 radical (unpaired) electrons. The van der Waals surface area contributed by atoms with Crippen molar-refractivity contribution in [1.29, 1.82) is 0 Å². The van der Waals surface area contributed by atoms with Gasteiger partial charge in [-0.05, 0) is 106 Å². The Labute approximate surface area is 206 Å². The topological polar surface area (TPSA) is 73.2 Å². The number of nitrogens with zero attached hydrogens (tertiary/aromatic N) is 1. The molecule has 0 unspecified atom stereocenters. The van der Waals surface area contributed by atoms with Crippen LogP contribution >= 0.6 is 0 Å². The number of hydrogen-bond donors (Lipinski definition) is 3. The molecule has 3 N–H and O–H groups in total. The Morgan fingerprint density at radius 3 is 1.54 bits per heavy atom. The largest absolute Gasteiger partial charge is 0.507 e. The van der Waals surface area contributed by atoms with Crippen LogP contribution in [0.25, 0.3) is 0 Å². The van der Waals surface area contributed by atoms with Gasteiger partial charge >= 0.3 is 0 Å². The summed E-state index contributed by atoms with van der Waals surface area (Å²) in [6.45, 7) is 11.4. The minimum absolute atomic E-state index is 0.0929. The van der Waals surface area contributed by atoms with Crippen LogP contribution in [0.15, 0.2) is 60.7 Å². The summed E-state index contributed by atoms with van der Waals surface area (Å²) in [7, 11) is 0. The molecule has 35 heavy (non-hydrogen) atoms. The van der Waals surface area contributed by atoms with E-state index in [-0.39, 0.29) is 17.2 Å². The molecule has 0 saturated carbocycles. The third kappa shape index (κ3) is 4.37. The Morgan fingerprint density at radius 1 is 0.543 bits per heavy atom. The van der Waals surface area contributed by atoms with E-state index in [1.165, 1.54) is 0 Å². The van der Waals surface area contributed by atoms with Gasteiger partial charge in [-0.3, -0.25) is 0 Å². The third-order valence-corrected chi connectivity index (χ3v) is 6.66. The minimum atomic E-state index is 0.0929. The number of phenols is 3. The second-order valence-corrected chi connectivity index (χ2v) is 9.04. The van der Waals surface area contributed by atoms with Gasteiger partial charge in [0.15, 0.2) is 11.5 Å². The van der Waals surface area contributed by atoms with Crippen molar-refractivity contribution >= 4 is 17.1 Å². The van der Waals surface area contributed by atoms with Crippen molar-refractivity contribution in [2.45, 2.75) is 41.5 Å². The van der Waals surface area contributed by atoms with Gasteiger partial charge in [0, 0.05) is 16.8 Å². The summed E-state index contributed by atoms with van der Waals surface area (Å²) < 4.78 is 6.04. The highest BCUT2D eigenvalue weighted by Crippen LogP contribution is 2.44. The van der Waals surface area contributed by atoms with E-state index in [9.17, 15) is 15.3 Å². The average Bonchev–Trinajstić information content (AvgIpc) is 2.85. The maximum atomic E-state index is 10.7. The molecule has 0 aliphatic rings. The van der Waals surface area contributed by atoms with Crippen LogP contribution in [0.2, 0.25) is 0 Å². The van der Waals surface area contributed by atoms with Crippen LogP contribution in [-0.4, -0.2) is 15.3 Å². The third-order valence-electron chi connectivity index (χ3n) is 6.66. The molecule has 0 bridgehead atoms. The molecule has 4 rings (SSSR count). The van der Waals surface area contributed by atoms with Gasteiger partial charge in [0.25, 0.3) is 0 Å². The van der Waals surface area contributed by atoms with E-state index >= 15 is 0 Å². The zero-order valence-electron chi connectivity index (χ0n) is 21.0. The molecule has 4 aromatic carbocycles. The average molecular weight is 470 g/mol. The number of ether oxygens (including phenoxy) is 1. The maximum absolute atomic E-state index is 10.7. The lowest BCUT2D eigenvalue weighted by molar-refractivity contribution is 0.408. The summed E-state index contributed by atoms with van der Waals surface area (Å²) in [6.07, 6.45) is 0. The highest BCUT2D eigenvalue weighted by Gasteiger charge is 2.21. The van der Waals surface area contributed by atoms with Gasteiger partial charge in [-0.1, -0.05) is 18.2 Å². The predicted molar refractivity (Wildman–Crippen MR) is 141 cm³/mol. The van der Waals surface area contributed by atoms with Crippen molar-refractivity contribution in [1.82, 2.24) is 0 Å². The molecule has 0 atom stereocenters. The fourth-order valence-electron chi connectivity index (χ4n) is 4.23. The highest BCUT2D eigenvalue weighted by atomic mass is 16.5. The van der Waals surface area contributed by atoms with Gasteiger partial charge in [-0.15, -0.1) is 0 Å². The van der Waals surface area contributed by atoms with Gasteiger partial charge in [0.05, 0.1) is 11.4 Å². The van der Waals surface area contributed by atoms with Gasteiger partial charge < -0.3 is 25.0 Å². The summed E-state index contributed by atoms with van der Waals surface area (Å²) in [5.41, 5.74) is 7.44. The molecular weight excluding hydrogens is 438 g/mol. The monoisotopic (exact) mass is 469 g/mol. The highest BCUT2D eigenvalue weighted by molar-refractivity contribution is 5.82. The summed E-state index contributed by atoms with van der Waals surface area (Å²) >= 11 is 0. The molecule has 180 valence electrons. The Balaban J connectivity index is 1.82. The van der Waals surface area contributed by atoms with E-state index in [1.54, 1.807) is 6.07 Å². The quantitative estimate of drug-likeness (QED) is 0.277. The van der Waals surface area contributed by atoms with Crippen molar-refractivity contribution in [3.8, 4) is 28.7 Å². The Hall–Kier alpha value is -4.12. The van der Waals surface area contributed by atoms with Crippen molar-refractivity contribution in [2.75, 3.05) is 4.90 Å². The SMILES string of the molecule is Cc1ccc(O)c(Oc2ccc(N(c3ccc(C)c(O)c3C)c3ccc(C)c(O)c3C)cc2)c1C. The van der Waals surface area contributed by atoms with E-state index in [4.69, 9.17) is 4.74 Å². The Morgan fingerprint density at radius 2 is 1.03 bits per heavy atom. The standard InChI is InChI=1S/C30H31NO4/c1-17-9-16-27(32)30(20(17)4)35-24-12-10-23(11-13-24)31(25-14-7-18(2)28(33)21(25)5)26-15-8-19(3)29(34)22(26)6/h7-16,32-34H,1-6H3. The van der Waals surface area contributed by atoms with Gasteiger partial charge in [0.1, 0.15) is 17.2 Å². The van der Waals surface area contributed by atoms with Gasteiger partial charge in [-0.2, -0.15) is 0 Å². The van der Waals surface area contributed by atoms with Crippen molar-refractivity contribution in [3.05, 3.63) is 94.0 Å². The molecule has 5 nitrogen and oxygen atoms in total. The van der Waals surface area contributed by atoms with E-state index in [2.05, 4.69) is 0 Å². The second kappa shape index (κ2) is 9.26. The summed E-state index contributed by atoms with van der Waals surface area (Å²) in [6, 6.07) is 18.7. The zero-order valence-corrected chi connectivity index (χ0v) is 21.0. The summed E-state index contributed by atoms with van der Waals surface area (Å²) in [5.74, 6) is 1.60. The van der Waals surface area contributed by atoms with E-state index in [1.807, 2.05) is 101 Å². The number of benzene rings is 4. The normalized spacial score (nSPS) is 10.9. The fraction of sp³-hybridized carbons (Fsp3) is 0.200. The maximum Gasteiger partial charge on any atom is 0.172 e. The molecule has 0 amide bonds. The molecule has 0 aliphatic heterocycles. The minimum Gasteiger partial charge on any atom is -0.507 e. The van der Waals surface area contributed by atoms with Crippen LogP contribution in [0.1, 0.15) is 33.4 Å². The van der Waals surface area contributed by atoms with Gasteiger partial charge in [-0.25, -0.2) is 0 Å². The van der Waals surface area contributed by atoms with Crippen LogP contribution in [0.3, 0.4) is 0 Å². The molecule has 0 aromatic heterocycles. The van der Waals surface area contributed by atoms with Crippen molar-refractivity contribution < 1.29 is 20.1 Å². The number of aromatic hydroxyl groups is 3. The summed E-state index contributed by atoms with van der Waals surface area (Å²) in [5, 5.41) is 31.6. The smallest absolute Gasteiger partial charge is 0.172 e. The molecule has 4 aromatic rings. The van der Waals surface area contributed by atoms with Crippen LogP contribution in [0.5, 0.6) is 28.7 Å². The fourth-order valence-corrected chi connectivity index (χ4v) is 4.23. The van der Waals surface area contributed by atoms with Crippen molar-refractivity contribution in [3.63, 3.8) is 0 Å². The number of anilines is 3. The van der Waals surface area contributed by atoms with E-state index in [0.717, 1.165) is 50.4 Å². The first-order chi connectivity index (χ1) is 16.6. The van der Waals surface area contributed by atoms with Crippen LogP contribution < -0.4 is 9.64 Å². The Kier molecular flexibility index (Phi) is 6.35. The lowest BCUT2D eigenvalue weighted by Crippen LogP contribution is -2.13. The molecule has 0 saturated heterocycles. The van der Waals surface area contributed by atoms with Gasteiger partial charge in [0.2, 0.25) is 0 Å². The predicted octanol–water partition coefficient (Wildman–Crippen LogP) is 7.92. The first-order valence-electron chi connectivity index (χ1n) is 11.6. The van der Waals surface area contributed by atoms with Crippen LogP contribution in [0.4, 0.5) is 17.1 Å². The van der Waals surface area contributed by atoms with E-state index < -0.39 is 0 Å². The van der Waals surface area contributed by atoms with Crippen LogP contribution in [0, 0.1) is 41.5 Å². The molecule has 5 heteroatoms. The lowest BCUT2D eigenvalue weighted by atomic mass is 10.0. The molecular formula is C30H31NO4. The molecule has 0 heterocycles. The number of phenolic OH excluding ortho intramolecular Hbond substituents is 3. The number of aryl methyl sites for hydroxylation is 3. The number of hydrogen-bond acceptors (Lipinski definition) is 5. The van der Waals surface area contributed by atoms with Crippen LogP contribution in [-0.2, 0) is 0 Å². The second-order valence-electron chi connectivity index (χ2n) is 9.04. The number of rotatable bonds is 5. The zero-order chi connectivity index (χ0) is 25.4. The Bertz CT molecular complexity index is 1350. The molecule has 0 spiro atoms. The first-order valence-corrected chi connectivity index (χ1v) is 11.6. The van der Waals surface area contributed by atoms with E-state index in [0.29, 0.717) is 11.5 Å². The molecule has 0 aliphatic carbocycles.